The van der Waals surface area contributed by atoms with E-state index >= 15 is 0 Å². The Hall–Kier alpha value is -3.22. The van der Waals surface area contributed by atoms with Gasteiger partial charge in [-0.1, -0.05) is 20.3 Å². The molecule has 186 valence electrons. The van der Waals surface area contributed by atoms with Crippen LogP contribution in [0.25, 0.3) is 0 Å². The Labute approximate surface area is 191 Å². The summed E-state index contributed by atoms with van der Waals surface area (Å²) in [5.41, 5.74) is 10.8. The molecular formula is C20H33N5O8. The Bertz CT molecular complexity index is 774. The molecule has 1 aliphatic heterocycles. The van der Waals surface area contributed by atoms with Crippen molar-refractivity contribution in [1.82, 2.24) is 15.5 Å². The number of nitrogens with one attached hydrogen (secondary N) is 2. The molecule has 0 aromatic rings. The van der Waals surface area contributed by atoms with Crippen LogP contribution in [0.3, 0.4) is 0 Å². The van der Waals surface area contributed by atoms with Crippen LogP contribution in [0.2, 0.25) is 0 Å². The molecule has 4 amide bonds. The standard InChI is InChI=1S/C20H33N5O8/c1-3-10(2)16(18(30)23-12(20(32)33)9-14(22)26)24-17(29)13-5-4-8-25(13)19(31)11(21)6-7-15(27)28/h10-13,16H,3-9,21H2,1-2H3,(H2,22,26)(H,23,30)(H,24,29)(H,27,28)(H,32,33). The third-order valence-electron chi connectivity index (χ3n) is 5.64. The Morgan fingerprint density at radius 2 is 1.76 bits per heavy atom. The Kier molecular flexibility index (Phi) is 10.7. The van der Waals surface area contributed by atoms with Crippen LogP contribution >= 0.6 is 0 Å². The number of carboxylic acids is 2. The van der Waals surface area contributed by atoms with Gasteiger partial charge >= 0.3 is 11.9 Å². The number of nitrogens with two attached hydrogens (primary N) is 2. The van der Waals surface area contributed by atoms with E-state index < -0.39 is 66.2 Å². The number of likely N-dealkylation sites (tertiary alicyclic amines) is 1. The summed E-state index contributed by atoms with van der Waals surface area (Å²) in [5, 5.41) is 22.8. The van der Waals surface area contributed by atoms with E-state index in [1.165, 1.54) is 4.90 Å². The highest BCUT2D eigenvalue weighted by molar-refractivity contribution is 5.95. The van der Waals surface area contributed by atoms with Gasteiger partial charge in [-0.05, 0) is 25.2 Å². The molecule has 0 bridgehead atoms. The molecule has 5 unspecified atom stereocenters. The van der Waals surface area contributed by atoms with Crippen LogP contribution < -0.4 is 22.1 Å². The fraction of sp³-hybridized carbons (Fsp3) is 0.700. The summed E-state index contributed by atoms with van der Waals surface area (Å²) in [6.07, 6.45) is 0.352. The molecule has 1 heterocycles. The third-order valence-corrected chi connectivity index (χ3v) is 5.64. The maximum atomic E-state index is 13.0. The summed E-state index contributed by atoms with van der Waals surface area (Å²) in [7, 11) is 0. The van der Waals surface area contributed by atoms with Gasteiger partial charge in [0.25, 0.3) is 0 Å². The van der Waals surface area contributed by atoms with E-state index in [9.17, 15) is 33.9 Å². The van der Waals surface area contributed by atoms with Gasteiger partial charge in [-0.3, -0.25) is 24.0 Å². The first-order chi connectivity index (χ1) is 15.4. The lowest BCUT2D eigenvalue weighted by Crippen LogP contribution is -2.58. The molecule has 13 heteroatoms. The van der Waals surface area contributed by atoms with Crippen molar-refractivity contribution < 1.29 is 39.0 Å². The van der Waals surface area contributed by atoms with Gasteiger partial charge < -0.3 is 37.2 Å². The molecule has 0 aromatic heterocycles. The molecule has 0 aromatic carbocycles. The quantitative estimate of drug-likeness (QED) is 0.177. The van der Waals surface area contributed by atoms with Crippen molar-refractivity contribution in [2.45, 2.75) is 76.5 Å². The summed E-state index contributed by atoms with van der Waals surface area (Å²) >= 11 is 0. The molecule has 0 radical (unpaired) electrons. The first-order valence-corrected chi connectivity index (χ1v) is 10.8. The number of aliphatic carboxylic acids is 2. The maximum Gasteiger partial charge on any atom is 0.326 e. The number of primary amides is 1. The fourth-order valence-corrected chi connectivity index (χ4v) is 3.53. The largest absolute Gasteiger partial charge is 0.481 e. The van der Waals surface area contributed by atoms with Crippen LogP contribution in [0.5, 0.6) is 0 Å². The van der Waals surface area contributed by atoms with E-state index in [1.54, 1.807) is 13.8 Å². The highest BCUT2D eigenvalue weighted by Gasteiger charge is 2.39. The van der Waals surface area contributed by atoms with Gasteiger partial charge in [0.15, 0.2) is 0 Å². The Morgan fingerprint density at radius 1 is 1.12 bits per heavy atom. The van der Waals surface area contributed by atoms with Gasteiger partial charge in [-0.25, -0.2) is 4.79 Å². The Balaban J connectivity index is 2.93. The van der Waals surface area contributed by atoms with Crippen molar-refractivity contribution in [3.05, 3.63) is 0 Å². The van der Waals surface area contributed by atoms with E-state index in [1.807, 2.05) is 0 Å². The van der Waals surface area contributed by atoms with Crippen molar-refractivity contribution in [1.29, 1.82) is 0 Å². The van der Waals surface area contributed by atoms with E-state index in [2.05, 4.69) is 10.6 Å². The number of hydrogen-bond acceptors (Lipinski definition) is 7. The predicted molar refractivity (Wildman–Crippen MR) is 114 cm³/mol. The lowest BCUT2D eigenvalue weighted by molar-refractivity contribution is -0.144. The molecule has 5 atom stereocenters. The molecule has 8 N–H and O–H groups in total. The number of amides is 4. The fourth-order valence-electron chi connectivity index (χ4n) is 3.53. The summed E-state index contributed by atoms with van der Waals surface area (Å²) < 4.78 is 0. The monoisotopic (exact) mass is 471 g/mol. The van der Waals surface area contributed by atoms with E-state index in [-0.39, 0.29) is 25.3 Å². The summed E-state index contributed by atoms with van der Waals surface area (Å²) in [6, 6.07) is -4.63. The van der Waals surface area contributed by atoms with Gasteiger partial charge in [0, 0.05) is 13.0 Å². The lowest BCUT2D eigenvalue weighted by Gasteiger charge is -2.30. The summed E-state index contributed by atoms with van der Waals surface area (Å²) in [4.78, 5) is 72.8. The molecule has 0 spiro atoms. The maximum absolute atomic E-state index is 13.0. The van der Waals surface area contributed by atoms with Crippen molar-refractivity contribution in [3.63, 3.8) is 0 Å². The summed E-state index contributed by atoms with van der Waals surface area (Å²) in [5.74, 6) is -5.78. The van der Waals surface area contributed by atoms with Crippen LogP contribution in [0.15, 0.2) is 0 Å². The first kappa shape index (κ1) is 27.8. The summed E-state index contributed by atoms with van der Waals surface area (Å²) in [6.45, 7) is 3.73. The van der Waals surface area contributed by atoms with E-state index in [0.29, 0.717) is 19.3 Å². The van der Waals surface area contributed by atoms with Crippen LogP contribution in [-0.2, 0) is 28.8 Å². The van der Waals surface area contributed by atoms with Crippen LogP contribution in [0, 0.1) is 5.92 Å². The number of carbonyl (C=O) groups excluding carboxylic acids is 4. The first-order valence-electron chi connectivity index (χ1n) is 10.8. The molecule has 1 aliphatic rings. The normalized spacial score (nSPS) is 19.1. The van der Waals surface area contributed by atoms with Crippen molar-refractivity contribution >= 4 is 35.6 Å². The number of nitrogens with zero attached hydrogens (tertiary/aromatic N) is 1. The minimum absolute atomic E-state index is 0.0760. The van der Waals surface area contributed by atoms with Gasteiger partial charge in [0.2, 0.25) is 23.6 Å². The van der Waals surface area contributed by atoms with Crippen molar-refractivity contribution in [3.8, 4) is 0 Å². The molecule has 0 aliphatic carbocycles. The molecule has 1 fully saturated rings. The third kappa shape index (κ3) is 8.33. The second-order valence-electron chi connectivity index (χ2n) is 8.17. The second-order valence-corrected chi connectivity index (χ2v) is 8.17. The van der Waals surface area contributed by atoms with Crippen LogP contribution in [-0.4, -0.2) is 81.4 Å². The zero-order valence-corrected chi connectivity index (χ0v) is 18.8. The highest BCUT2D eigenvalue weighted by Crippen LogP contribution is 2.20. The molecular weight excluding hydrogens is 438 g/mol. The topological polar surface area (TPSA) is 222 Å². The van der Waals surface area contributed by atoms with Gasteiger partial charge in [0.05, 0.1) is 12.5 Å². The highest BCUT2D eigenvalue weighted by atomic mass is 16.4. The van der Waals surface area contributed by atoms with Crippen molar-refractivity contribution in [2.75, 3.05) is 6.54 Å². The SMILES string of the molecule is CCC(C)C(NC(=O)C1CCCN1C(=O)C(N)CCC(=O)O)C(=O)NC(CC(N)=O)C(=O)O. The van der Waals surface area contributed by atoms with E-state index in [0.717, 1.165) is 0 Å². The average Bonchev–Trinajstić information content (AvgIpc) is 3.23. The van der Waals surface area contributed by atoms with Crippen molar-refractivity contribution in [2.24, 2.45) is 17.4 Å². The molecule has 33 heavy (non-hydrogen) atoms. The minimum atomic E-state index is -1.55. The zero-order valence-electron chi connectivity index (χ0n) is 18.8. The predicted octanol–water partition coefficient (Wildman–Crippen LogP) is -1.85. The van der Waals surface area contributed by atoms with Gasteiger partial charge in [0.1, 0.15) is 18.1 Å². The molecule has 0 saturated carbocycles. The number of carbonyl (C=O) groups is 6. The Morgan fingerprint density at radius 3 is 2.27 bits per heavy atom. The molecule has 1 saturated heterocycles. The van der Waals surface area contributed by atoms with Gasteiger partial charge in [-0.2, -0.15) is 0 Å². The zero-order chi connectivity index (χ0) is 25.3. The smallest absolute Gasteiger partial charge is 0.326 e. The van der Waals surface area contributed by atoms with Crippen LogP contribution in [0.1, 0.15) is 52.4 Å². The van der Waals surface area contributed by atoms with Gasteiger partial charge in [-0.15, -0.1) is 0 Å². The second kappa shape index (κ2) is 12.7. The number of carboxylic acid groups (broad SMARTS) is 2. The average molecular weight is 472 g/mol. The minimum Gasteiger partial charge on any atom is -0.481 e. The number of hydrogen-bond donors (Lipinski definition) is 6. The molecule has 1 rings (SSSR count). The molecule has 13 nitrogen and oxygen atoms in total. The number of rotatable bonds is 13. The van der Waals surface area contributed by atoms with Crippen LogP contribution in [0.4, 0.5) is 0 Å². The lowest BCUT2D eigenvalue weighted by atomic mass is 9.97. The van der Waals surface area contributed by atoms with E-state index in [4.69, 9.17) is 16.6 Å².